The minimum absolute atomic E-state index is 0.0758. The molecule has 0 saturated carbocycles. The van der Waals surface area contributed by atoms with Crippen molar-refractivity contribution in [1.82, 2.24) is 20.1 Å². The van der Waals surface area contributed by atoms with Crippen molar-refractivity contribution < 1.29 is 4.79 Å². The minimum atomic E-state index is -0.195. The van der Waals surface area contributed by atoms with Crippen molar-refractivity contribution >= 4 is 5.91 Å². The average Bonchev–Trinajstić information content (AvgIpc) is 2.44. The highest BCUT2D eigenvalue weighted by molar-refractivity contribution is 5.96. The Labute approximate surface area is 82.2 Å². The van der Waals surface area contributed by atoms with E-state index >= 15 is 0 Å². The number of fused-ring (bicyclic) bond motifs is 1. The molecule has 0 aromatic carbocycles. The van der Waals surface area contributed by atoms with E-state index in [1.165, 1.54) is 6.33 Å². The molecule has 1 aromatic heterocycles. The highest BCUT2D eigenvalue weighted by Gasteiger charge is 2.36. The lowest BCUT2D eigenvalue weighted by molar-refractivity contribution is 0.0604. The highest BCUT2D eigenvalue weighted by Crippen LogP contribution is 2.25. The molecule has 0 saturated heterocycles. The van der Waals surface area contributed by atoms with Gasteiger partial charge in [0.05, 0.1) is 12.2 Å². The van der Waals surface area contributed by atoms with E-state index in [1.54, 1.807) is 4.90 Å². The highest BCUT2D eigenvalue weighted by atomic mass is 16.2. The van der Waals surface area contributed by atoms with Crippen LogP contribution in [0.4, 0.5) is 0 Å². The predicted octanol–water partition coefficient (Wildman–Crippen LogP) is 0.626. The van der Waals surface area contributed by atoms with Crippen LogP contribution in [0, 0.1) is 0 Å². The second kappa shape index (κ2) is 2.73. The summed E-state index contributed by atoms with van der Waals surface area (Å²) < 4.78 is 0. The van der Waals surface area contributed by atoms with Gasteiger partial charge in [-0.05, 0) is 20.8 Å². The molecule has 1 aromatic rings. The molecule has 5 heteroatoms. The molecule has 0 bridgehead atoms. The first-order valence-corrected chi connectivity index (χ1v) is 4.48. The van der Waals surface area contributed by atoms with E-state index < -0.39 is 0 Å². The van der Waals surface area contributed by atoms with Crippen LogP contribution in [-0.4, -0.2) is 31.5 Å². The molecule has 0 fully saturated rings. The first kappa shape index (κ1) is 9.05. The van der Waals surface area contributed by atoms with E-state index in [0.29, 0.717) is 12.2 Å². The van der Waals surface area contributed by atoms with E-state index in [1.807, 2.05) is 20.8 Å². The molecule has 2 rings (SSSR count). The van der Waals surface area contributed by atoms with E-state index in [4.69, 9.17) is 0 Å². The lowest BCUT2D eigenvalue weighted by atomic mass is 10.1. The Morgan fingerprint density at radius 3 is 2.71 bits per heavy atom. The molecule has 0 spiro atoms. The summed E-state index contributed by atoms with van der Waals surface area (Å²) in [5.74, 6) is -0.0758. The standard InChI is InChI=1S/C9H12N4O/c1-9(2,3)13-4-6-7(8(13)14)12-11-5-10-6/h5H,4H2,1-3H3. The van der Waals surface area contributed by atoms with Gasteiger partial charge < -0.3 is 4.90 Å². The van der Waals surface area contributed by atoms with Crippen molar-refractivity contribution in [1.29, 1.82) is 0 Å². The Balaban J connectivity index is 2.40. The second-order valence-corrected chi connectivity index (χ2v) is 4.32. The van der Waals surface area contributed by atoms with Crippen molar-refractivity contribution in [3.63, 3.8) is 0 Å². The molecule has 0 N–H and O–H groups in total. The largest absolute Gasteiger partial charge is 0.326 e. The third-order valence-corrected chi connectivity index (χ3v) is 2.26. The van der Waals surface area contributed by atoms with Gasteiger partial charge in [0.2, 0.25) is 0 Å². The first-order valence-electron chi connectivity index (χ1n) is 4.48. The molecule has 2 heterocycles. The normalized spacial score (nSPS) is 15.9. The van der Waals surface area contributed by atoms with Gasteiger partial charge in [-0.1, -0.05) is 0 Å². The van der Waals surface area contributed by atoms with Crippen LogP contribution < -0.4 is 0 Å². The van der Waals surface area contributed by atoms with E-state index in [0.717, 1.165) is 5.69 Å². The number of hydrogen-bond acceptors (Lipinski definition) is 4. The molecule has 1 aliphatic heterocycles. The Morgan fingerprint density at radius 1 is 1.43 bits per heavy atom. The lowest BCUT2D eigenvalue weighted by Crippen LogP contribution is -2.41. The second-order valence-electron chi connectivity index (χ2n) is 4.32. The van der Waals surface area contributed by atoms with Crippen LogP contribution in [0.5, 0.6) is 0 Å². The molecule has 14 heavy (non-hydrogen) atoms. The van der Waals surface area contributed by atoms with Crippen molar-refractivity contribution in [3.8, 4) is 0 Å². The summed E-state index contributed by atoms with van der Waals surface area (Å²) in [6, 6.07) is 0. The molecule has 0 unspecified atom stereocenters. The fourth-order valence-electron chi connectivity index (χ4n) is 1.47. The van der Waals surface area contributed by atoms with Crippen LogP contribution in [0.2, 0.25) is 0 Å². The molecule has 0 atom stereocenters. The number of amides is 1. The van der Waals surface area contributed by atoms with Crippen molar-refractivity contribution in [2.75, 3.05) is 0 Å². The molecule has 0 radical (unpaired) electrons. The fraction of sp³-hybridized carbons (Fsp3) is 0.556. The van der Waals surface area contributed by atoms with Gasteiger partial charge in [-0.25, -0.2) is 4.98 Å². The Bertz CT molecular complexity index is 383. The summed E-state index contributed by atoms with van der Waals surface area (Å²) in [5, 5.41) is 7.41. The zero-order valence-electron chi connectivity index (χ0n) is 8.48. The summed E-state index contributed by atoms with van der Waals surface area (Å²) in [4.78, 5) is 17.6. The van der Waals surface area contributed by atoms with Crippen LogP contribution in [-0.2, 0) is 6.54 Å². The molecular formula is C9H12N4O. The third kappa shape index (κ3) is 1.25. The average molecular weight is 192 g/mol. The summed E-state index contributed by atoms with van der Waals surface area (Å²) in [6.45, 7) is 6.51. The van der Waals surface area contributed by atoms with Crippen LogP contribution in [0.15, 0.2) is 6.33 Å². The van der Waals surface area contributed by atoms with E-state index in [-0.39, 0.29) is 11.4 Å². The van der Waals surface area contributed by atoms with Gasteiger partial charge in [0.15, 0.2) is 5.69 Å². The molecule has 5 nitrogen and oxygen atoms in total. The van der Waals surface area contributed by atoms with Gasteiger partial charge in [0, 0.05) is 5.54 Å². The molecule has 1 aliphatic rings. The van der Waals surface area contributed by atoms with Crippen LogP contribution in [0.3, 0.4) is 0 Å². The lowest BCUT2D eigenvalue weighted by Gasteiger charge is -2.30. The maximum atomic E-state index is 11.8. The molecule has 74 valence electrons. The van der Waals surface area contributed by atoms with Gasteiger partial charge in [-0.15, -0.1) is 10.2 Å². The molecule has 1 amide bonds. The first-order chi connectivity index (χ1) is 6.50. The van der Waals surface area contributed by atoms with Gasteiger partial charge in [-0.2, -0.15) is 0 Å². The van der Waals surface area contributed by atoms with Gasteiger partial charge in [0.1, 0.15) is 6.33 Å². The molecule has 0 aliphatic carbocycles. The number of hydrogen-bond donors (Lipinski definition) is 0. The van der Waals surface area contributed by atoms with E-state index in [2.05, 4.69) is 15.2 Å². The minimum Gasteiger partial charge on any atom is -0.326 e. The maximum Gasteiger partial charge on any atom is 0.277 e. The zero-order chi connectivity index (χ0) is 10.3. The van der Waals surface area contributed by atoms with E-state index in [9.17, 15) is 4.79 Å². The summed E-state index contributed by atoms with van der Waals surface area (Å²) >= 11 is 0. The predicted molar refractivity (Wildman–Crippen MR) is 49.5 cm³/mol. The van der Waals surface area contributed by atoms with Crippen LogP contribution in [0.25, 0.3) is 0 Å². The number of carbonyl (C=O) groups excluding carboxylic acids is 1. The maximum absolute atomic E-state index is 11.8. The van der Waals surface area contributed by atoms with Crippen molar-refractivity contribution in [2.45, 2.75) is 32.9 Å². The number of nitrogens with zero attached hydrogens (tertiary/aromatic N) is 4. The summed E-state index contributed by atoms with van der Waals surface area (Å²) in [5.41, 5.74) is 0.918. The quantitative estimate of drug-likeness (QED) is 0.604. The number of carbonyl (C=O) groups is 1. The van der Waals surface area contributed by atoms with Gasteiger partial charge in [0.25, 0.3) is 5.91 Å². The number of rotatable bonds is 0. The van der Waals surface area contributed by atoms with Crippen LogP contribution in [0.1, 0.15) is 37.0 Å². The SMILES string of the molecule is CC(C)(C)N1Cc2ncnnc2C1=O. The zero-order valence-corrected chi connectivity index (χ0v) is 8.48. The molecular weight excluding hydrogens is 180 g/mol. The smallest absolute Gasteiger partial charge is 0.277 e. The van der Waals surface area contributed by atoms with Crippen molar-refractivity contribution in [3.05, 3.63) is 17.7 Å². The topological polar surface area (TPSA) is 59.0 Å². The monoisotopic (exact) mass is 192 g/mol. The van der Waals surface area contributed by atoms with Gasteiger partial charge >= 0.3 is 0 Å². The number of aromatic nitrogens is 3. The van der Waals surface area contributed by atoms with Crippen LogP contribution >= 0.6 is 0 Å². The Kier molecular flexibility index (Phi) is 1.77. The Hall–Kier alpha value is -1.52. The Morgan fingerprint density at radius 2 is 2.14 bits per heavy atom. The summed E-state index contributed by atoms with van der Waals surface area (Å²) in [7, 11) is 0. The van der Waals surface area contributed by atoms with Gasteiger partial charge in [-0.3, -0.25) is 4.79 Å². The third-order valence-electron chi connectivity index (χ3n) is 2.26. The summed E-state index contributed by atoms with van der Waals surface area (Å²) in [6.07, 6.45) is 1.37. The fourth-order valence-corrected chi connectivity index (χ4v) is 1.47. The van der Waals surface area contributed by atoms with Crippen molar-refractivity contribution in [2.24, 2.45) is 0 Å².